The summed E-state index contributed by atoms with van der Waals surface area (Å²) in [6.07, 6.45) is 3.35. The van der Waals surface area contributed by atoms with Crippen LogP contribution in [0.2, 0.25) is 0 Å². The molecule has 2 aromatic carbocycles. The largest absolute Gasteiger partial charge is 0.494 e. The molecule has 0 unspecified atom stereocenters. The number of carbonyl (C=O) groups is 1. The molecule has 2 heterocycles. The summed E-state index contributed by atoms with van der Waals surface area (Å²) in [4.78, 5) is 17.2. The molecule has 0 aliphatic carbocycles. The number of pyridine rings is 1. The molecule has 0 saturated heterocycles. The quantitative estimate of drug-likeness (QED) is 0.473. The van der Waals surface area contributed by atoms with Gasteiger partial charge in [-0.15, -0.1) is 5.10 Å². The number of nitrogens with one attached hydrogen (secondary N) is 1. The van der Waals surface area contributed by atoms with Gasteiger partial charge in [0.1, 0.15) is 17.1 Å². The molecular formula is C25H25N5O2. The number of hydrogen-bond acceptors (Lipinski definition) is 5. The highest BCUT2D eigenvalue weighted by atomic mass is 16.5. The molecule has 7 heteroatoms. The van der Waals surface area contributed by atoms with E-state index in [0.717, 1.165) is 11.1 Å². The summed E-state index contributed by atoms with van der Waals surface area (Å²) in [5.41, 5.74) is 4.57. The molecule has 7 nitrogen and oxygen atoms in total. The smallest absolute Gasteiger partial charge is 0.274 e. The van der Waals surface area contributed by atoms with E-state index in [-0.39, 0.29) is 11.6 Å². The van der Waals surface area contributed by atoms with E-state index in [4.69, 9.17) is 4.74 Å². The van der Waals surface area contributed by atoms with Crippen LogP contribution in [0.4, 0.5) is 0 Å². The van der Waals surface area contributed by atoms with Gasteiger partial charge in [-0.1, -0.05) is 55.5 Å². The molecule has 0 radical (unpaired) electrons. The fourth-order valence-electron chi connectivity index (χ4n) is 3.46. The minimum Gasteiger partial charge on any atom is -0.494 e. The Bertz CT molecular complexity index is 1200. The van der Waals surface area contributed by atoms with E-state index in [1.165, 1.54) is 5.56 Å². The molecule has 4 aromatic rings. The van der Waals surface area contributed by atoms with Crippen molar-refractivity contribution in [2.24, 2.45) is 0 Å². The van der Waals surface area contributed by atoms with Crippen molar-refractivity contribution in [3.63, 3.8) is 0 Å². The Morgan fingerprint density at radius 1 is 1.03 bits per heavy atom. The Morgan fingerprint density at radius 2 is 1.75 bits per heavy atom. The molecule has 32 heavy (non-hydrogen) atoms. The van der Waals surface area contributed by atoms with E-state index in [0.29, 0.717) is 29.6 Å². The lowest BCUT2D eigenvalue weighted by molar-refractivity contribution is 0.0946. The van der Waals surface area contributed by atoms with Gasteiger partial charge in [0.25, 0.3) is 5.91 Å². The van der Waals surface area contributed by atoms with Crippen molar-refractivity contribution in [3.05, 3.63) is 89.9 Å². The lowest BCUT2D eigenvalue weighted by Gasteiger charge is -2.12. The van der Waals surface area contributed by atoms with Crippen LogP contribution in [0.5, 0.6) is 5.75 Å². The van der Waals surface area contributed by atoms with Crippen molar-refractivity contribution >= 4 is 5.91 Å². The lowest BCUT2D eigenvalue weighted by Crippen LogP contribution is -2.24. The van der Waals surface area contributed by atoms with Gasteiger partial charge >= 0.3 is 0 Å². The zero-order valence-electron chi connectivity index (χ0n) is 18.3. The second kappa shape index (κ2) is 9.43. The molecule has 0 aliphatic heterocycles. The van der Waals surface area contributed by atoms with Crippen LogP contribution in [0.25, 0.3) is 16.9 Å². The molecule has 4 rings (SSSR count). The average molecular weight is 428 g/mol. The number of benzene rings is 2. The van der Waals surface area contributed by atoms with Crippen molar-refractivity contribution in [3.8, 4) is 22.7 Å². The fraction of sp³-hybridized carbons (Fsp3) is 0.200. The minimum atomic E-state index is -0.300. The van der Waals surface area contributed by atoms with E-state index >= 15 is 0 Å². The number of amides is 1. The van der Waals surface area contributed by atoms with Crippen LogP contribution >= 0.6 is 0 Å². The summed E-state index contributed by atoms with van der Waals surface area (Å²) >= 11 is 0. The Morgan fingerprint density at radius 3 is 2.44 bits per heavy atom. The van der Waals surface area contributed by atoms with Crippen molar-refractivity contribution in [2.75, 3.05) is 7.11 Å². The van der Waals surface area contributed by atoms with Gasteiger partial charge in [0.15, 0.2) is 5.69 Å². The predicted molar refractivity (Wildman–Crippen MR) is 123 cm³/mol. The Labute approximate surface area is 187 Å². The SMILES string of the molecule is COc1ccccc1-n1nnc(C(=O)NCc2ccc(C(C)C)cc2)c1-c1ccncc1. The third kappa shape index (κ3) is 4.37. The number of aromatic nitrogens is 4. The number of hydrogen-bond donors (Lipinski definition) is 1. The molecule has 162 valence electrons. The van der Waals surface area contributed by atoms with E-state index in [1.807, 2.05) is 48.5 Å². The summed E-state index contributed by atoms with van der Waals surface area (Å²) < 4.78 is 7.12. The molecule has 0 atom stereocenters. The zero-order valence-corrected chi connectivity index (χ0v) is 18.3. The van der Waals surface area contributed by atoms with Gasteiger partial charge in [-0.3, -0.25) is 9.78 Å². The van der Waals surface area contributed by atoms with Crippen molar-refractivity contribution in [1.29, 1.82) is 0 Å². The fourth-order valence-corrected chi connectivity index (χ4v) is 3.46. The molecule has 0 bridgehead atoms. The van der Waals surface area contributed by atoms with Gasteiger partial charge in [0.2, 0.25) is 0 Å². The first-order chi connectivity index (χ1) is 15.6. The third-order valence-electron chi connectivity index (χ3n) is 5.25. The normalized spacial score (nSPS) is 10.9. The van der Waals surface area contributed by atoms with Crippen molar-refractivity contribution in [2.45, 2.75) is 26.3 Å². The Hall–Kier alpha value is -4.00. The summed E-state index contributed by atoms with van der Waals surface area (Å²) in [6.45, 7) is 4.71. The van der Waals surface area contributed by atoms with Crippen LogP contribution in [0.15, 0.2) is 73.1 Å². The molecule has 2 aromatic heterocycles. The van der Waals surface area contributed by atoms with Crippen LogP contribution < -0.4 is 10.1 Å². The monoisotopic (exact) mass is 427 g/mol. The van der Waals surface area contributed by atoms with Crippen molar-refractivity contribution < 1.29 is 9.53 Å². The zero-order chi connectivity index (χ0) is 22.5. The second-order valence-corrected chi connectivity index (χ2v) is 7.69. The molecule has 0 spiro atoms. The van der Waals surface area contributed by atoms with Crippen molar-refractivity contribution in [1.82, 2.24) is 25.3 Å². The number of para-hydroxylation sites is 2. The van der Waals surface area contributed by atoms with Gasteiger partial charge in [0.05, 0.1) is 7.11 Å². The molecule has 0 fully saturated rings. The topological polar surface area (TPSA) is 81.9 Å². The predicted octanol–water partition coefficient (Wildman–Crippen LogP) is 4.39. The summed E-state index contributed by atoms with van der Waals surface area (Å²) in [5, 5.41) is 11.5. The van der Waals surface area contributed by atoms with Gasteiger partial charge in [-0.2, -0.15) is 0 Å². The standard InChI is InChI=1S/C25H25N5O2/c1-17(2)19-10-8-18(9-11-19)16-27-25(31)23-24(20-12-14-26-15-13-20)30(29-28-23)21-6-4-5-7-22(21)32-3/h4-15,17H,16H2,1-3H3,(H,27,31). The van der Waals surface area contributed by atoms with Gasteiger partial charge in [-0.25, -0.2) is 4.68 Å². The first-order valence-corrected chi connectivity index (χ1v) is 10.4. The van der Waals surface area contributed by atoms with Crippen LogP contribution in [0.1, 0.15) is 41.4 Å². The average Bonchev–Trinajstić information content (AvgIpc) is 3.28. The molecule has 1 amide bonds. The summed E-state index contributed by atoms with van der Waals surface area (Å²) in [7, 11) is 1.60. The minimum absolute atomic E-state index is 0.237. The van der Waals surface area contributed by atoms with Gasteiger partial charge in [-0.05, 0) is 41.3 Å². The maximum Gasteiger partial charge on any atom is 0.274 e. The van der Waals surface area contributed by atoms with Crippen LogP contribution in [-0.4, -0.2) is 33.0 Å². The summed E-state index contributed by atoms with van der Waals surface area (Å²) in [5.74, 6) is 0.794. The second-order valence-electron chi connectivity index (χ2n) is 7.69. The highest BCUT2D eigenvalue weighted by Crippen LogP contribution is 2.29. The van der Waals surface area contributed by atoms with E-state index in [1.54, 1.807) is 24.2 Å². The summed E-state index contributed by atoms with van der Waals surface area (Å²) in [6, 6.07) is 19.4. The first-order valence-electron chi connectivity index (χ1n) is 10.4. The number of carbonyl (C=O) groups excluding carboxylic acids is 1. The number of rotatable bonds is 7. The molecular weight excluding hydrogens is 402 g/mol. The molecule has 0 saturated carbocycles. The number of ether oxygens (including phenoxy) is 1. The highest BCUT2D eigenvalue weighted by Gasteiger charge is 2.23. The maximum absolute atomic E-state index is 13.1. The molecule has 1 N–H and O–H groups in total. The number of nitrogens with zero attached hydrogens (tertiary/aromatic N) is 4. The van der Waals surface area contributed by atoms with Crippen LogP contribution in [0.3, 0.4) is 0 Å². The Balaban J connectivity index is 1.66. The Kier molecular flexibility index (Phi) is 6.26. The van der Waals surface area contributed by atoms with Gasteiger partial charge in [0, 0.05) is 24.5 Å². The van der Waals surface area contributed by atoms with Crippen LogP contribution in [0, 0.1) is 0 Å². The lowest BCUT2D eigenvalue weighted by atomic mass is 10.0. The van der Waals surface area contributed by atoms with E-state index in [9.17, 15) is 4.79 Å². The number of methoxy groups -OCH3 is 1. The van der Waals surface area contributed by atoms with Crippen LogP contribution in [-0.2, 0) is 6.54 Å². The van der Waals surface area contributed by atoms with E-state index < -0.39 is 0 Å². The highest BCUT2D eigenvalue weighted by molar-refractivity contribution is 5.98. The maximum atomic E-state index is 13.1. The molecule has 0 aliphatic rings. The first kappa shape index (κ1) is 21.2. The van der Waals surface area contributed by atoms with E-state index in [2.05, 4.69) is 46.6 Å². The third-order valence-corrected chi connectivity index (χ3v) is 5.25. The van der Waals surface area contributed by atoms with Gasteiger partial charge < -0.3 is 10.1 Å².